The van der Waals surface area contributed by atoms with Gasteiger partial charge in [0.2, 0.25) is 0 Å². The quantitative estimate of drug-likeness (QED) is 0.755. The minimum atomic E-state index is 0.401. The van der Waals surface area contributed by atoms with E-state index in [2.05, 4.69) is 65.8 Å². The Morgan fingerprint density at radius 3 is 2.76 bits per heavy atom. The average Bonchev–Trinajstić information content (AvgIpc) is 2.56. The first-order valence-electron chi connectivity index (χ1n) is 7.44. The van der Waals surface area contributed by atoms with Gasteiger partial charge in [-0.3, -0.25) is 4.98 Å². The van der Waals surface area contributed by atoms with Crippen molar-refractivity contribution in [1.29, 1.82) is 0 Å². The van der Waals surface area contributed by atoms with Gasteiger partial charge in [-0.15, -0.1) is 0 Å². The number of fused-ring (bicyclic) bond motifs is 1. The van der Waals surface area contributed by atoms with Crippen LogP contribution in [0.3, 0.4) is 0 Å². The van der Waals surface area contributed by atoms with Crippen LogP contribution in [-0.2, 0) is 0 Å². The molecule has 1 heterocycles. The van der Waals surface area contributed by atoms with Gasteiger partial charge < -0.3 is 5.32 Å². The van der Waals surface area contributed by atoms with Gasteiger partial charge in [-0.05, 0) is 47.7 Å². The molecular weight excluding hydrogens is 256 g/mol. The summed E-state index contributed by atoms with van der Waals surface area (Å²) in [5.41, 5.74) is 3.83. The first kappa shape index (κ1) is 13.8. The van der Waals surface area contributed by atoms with Gasteiger partial charge in [0, 0.05) is 23.8 Å². The lowest BCUT2D eigenvalue weighted by atomic mass is 9.95. The van der Waals surface area contributed by atoms with E-state index in [1.54, 1.807) is 0 Å². The van der Waals surface area contributed by atoms with Gasteiger partial charge >= 0.3 is 0 Å². The van der Waals surface area contributed by atoms with Crippen molar-refractivity contribution in [2.24, 2.45) is 0 Å². The third-order valence-corrected chi connectivity index (χ3v) is 4.04. The molecule has 21 heavy (non-hydrogen) atoms. The van der Waals surface area contributed by atoms with Crippen molar-refractivity contribution in [3.63, 3.8) is 0 Å². The maximum Gasteiger partial charge on any atom is 0.0352 e. The van der Waals surface area contributed by atoms with Crippen LogP contribution in [0.25, 0.3) is 21.9 Å². The summed E-state index contributed by atoms with van der Waals surface area (Å²) in [5.74, 6) is 0. The third-order valence-electron chi connectivity index (χ3n) is 4.04. The van der Waals surface area contributed by atoms with E-state index in [1.165, 1.54) is 27.5 Å². The summed E-state index contributed by atoms with van der Waals surface area (Å²) in [5, 5.41) is 5.81. The standard InChI is InChI=1S/C19H20N2/c1-3-19(20-2)16-8-4-7-15(12-16)17-9-5-6-14-10-11-21-13-18(14)17/h4-13,19-20H,3H2,1-2H3. The molecule has 2 heteroatoms. The summed E-state index contributed by atoms with van der Waals surface area (Å²) in [6.07, 6.45) is 4.88. The highest BCUT2D eigenvalue weighted by molar-refractivity contribution is 5.96. The van der Waals surface area contributed by atoms with Crippen molar-refractivity contribution < 1.29 is 0 Å². The van der Waals surface area contributed by atoms with Gasteiger partial charge in [-0.25, -0.2) is 0 Å². The van der Waals surface area contributed by atoms with Gasteiger partial charge in [0.15, 0.2) is 0 Å². The van der Waals surface area contributed by atoms with Crippen LogP contribution in [0, 0.1) is 0 Å². The molecule has 2 nitrogen and oxygen atoms in total. The SMILES string of the molecule is CCC(NC)c1cccc(-c2cccc3ccncc23)c1. The molecule has 106 valence electrons. The number of hydrogen-bond donors (Lipinski definition) is 1. The van der Waals surface area contributed by atoms with Crippen LogP contribution < -0.4 is 5.32 Å². The van der Waals surface area contributed by atoms with Crippen LogP contribution in [0.1, 0.15) is 24.9 Å². The second kappa shape index (κ2) is 6.06. The lowest BCUT2D eigenvalue weighted by Gasteiger charge is -2.16. The zero-order chi connectivity index (χ0) is 14.7. The van der Waals surface area contributed by atoms with E-state index in [0.717, 1.165) is 6.42 Å². The van der Waals surface area contributed by atoms with Crippen LogP contribution in [0.4, 0.5) is 0 Å². The molecule has 0 saturated carbocycles. The van der Waals surface area contributed by atoms with Crippen LogP contribution in [0.2, 0.25) is 0 Å². The molecule has 0 aliphatic carbocycles. The van der Waals surface area contributed by atoms with Crippen LogP contribution in [-0.4, -0.2) is 12.0 Å². The highest BCUT2D eigenvalue weighted by Crippen LogP contribution is 2.30. The molecule has 0 saturated heterocycles. The van der Waals surface area contributed by atoms with Crippen molar-refractivity contribution in [1.82, 2.24) is 10.3 Å². The summed E-state index contributed by atoms with van der Waals surface area (Å²) >= 11 is 0. The van der Waals surface area contributed by atoms with Crippen molar-refractivity contribution >= 4 is 10.8 Å². The Balaban J connectivity index is 2.13. The van der Waals surface area contributed by atoms with E-state index < -0.39 is 0 Å². The molecule has 3 aromatic rings. The molecule has 0 bridgehead atoms. The van der Waals surface area contributed by atoms with Crippen molar-refractivity contribution in [2.45, 2.75) is 19.4 Å². The van der Waals surface area contributed by atoms with Gasteiger partial charge in [-0.1, -0.05) is 43.3 Å². The Bertz CT molecular complexity index is 740. The Morgan fingerprint density at radius 2 is 1.95 bits per heavy atom. The number of nitrogens with zero attached hydrogens (tertiary/aromatic N) is 1. The Labute approximate surface area is 125 Å². The predicted octanol–water partition coefficient (Wildman–Crippen LogP) is 4.57. The van der Waals surface area contributed by atoms with E-state index >= 15 is 0 Å². The Kier molecular flexibility index (Phi) is 3.98. The van der Waals surface area contributed by atoms with Gasteiger partial charge in [0.1, 0.15) is 0 Å². The summed E-state index contributed by atoms with van der Waals surface area (Å²) in [4.78, 5) is 4.28. The lowest BCUT2D eigenvalue weighted by Crippen LogP contribution is -2.15. The van der Waals surface area contributed by atoms with E-state index in [0.29, 0.717) is 6.04 Å². The molecule has 2 aromatic carbocycles. The molecule has 1 aromatic heterocycles. The summed E-state index contributed by atoms with van der Waals surface area (Å²) in [6.45, 7) is 2.20. The van der Waals surface area contributed by atoms with Gasteiger partial charge in [-0.2, -0.15) is 0 Å². The number of rotatable bonds is 4. The minimum Gasteiger partial charge on any atom is -0.313 e. The summed E-state index contributed by atoms with van der Waals surface area (Å²) in [7, 11) is 2.02. The van der Waals surface area contributed by atoms with Crippen LogP contribution in [0.5, 0.6) is 0 Å². The number of nitrogens with one attached hydrogen (secondary N) is 1. The van der Waals surface area contributed by atoms with E-state index in [4.69, 9.17) is 0 Å². The maximum atomic E-state index is 4.28. The number of hydrogen-bond acceptors (Lipinski definition) is 2. The van der Waals surface area contributed by atoms with E-state index in [9.17, 15) is 0 Å². The summed E-state index contributed by atoms with van der Waals surface area (Å²) < 4.78 is 0. The molecule has 0 aliphatic heterocycles. The van der Waals surface area contributed by atoms with Crippen LogP contribution in [0.15, 0.2) is 60.9 Å². The highest BCUT2D eigenvalue weighted by atomic mass is 14.9. The van der Waals surface area contributed by atoms with E-state index in [1.807, 2.05) is 19.4 Å². The molecule has 0 radical (unpaired) electrons. The molecule has 1 atom stereocenters. The predicted molar refractivity (Wildman–Crippen MR) is 89.3 cm³/mol. The average molecular weight is 276 g/mol. The number of benzene rings is 2. The molecule has 3 rings (SSSR count). The van der Waals surface area contributed by atoms with Crippen molar-refractivity contribution in [2.75, 3.05) is 7.05 Å². The fraction of sp³-hybridized carbons (Fsp3) is 0.211. The normalized spacial score (nSPS) is 12.5. The Morgan fingerprint density at radius 1 is 1.10 bits per heavy atom. The fourth-order valence-corrected chi connectivity index (χ4v) is 2.89. The van der Waals surface area contributed by atoms with Gasteiger partial charge in [0.25, 0.3) is 0 Å². The molecule has 0 spiro atoms. The van der Waals surface area contributed by atoms with Crippen molar-refractivity contribution in [3.05, 3.63) is 66.5 Å². The number of aromatic nitrogens is 1. The Hall–Kier alpha value is -2.19. The molecule has 0 fully saturated rings. The maximum absolute atomic E-state index is 4.28. The number of pyridine rings is 1. The third kappa shape index (κ3) is 2.67. The zero-order valence-corrected chi connectivity index (χ0v) is 12.5. The second-order valence-corrected chi connectivity index (χ2v) is 5.28. The monoisotopic (exact) mass is 276 g/mol. The molecule has 1 N–H and O–H groups in total. The summed E-state index contributed by atoms with van der Waals surface area (Å²) in [6, 6.07) is 17.7. The first-order chi connectivity index (χ1) is 10.3. The lowest BCUT2D eigenvalue weighted by molar-refractivity contribution is 0.577. The second-order valence-electron chi connectivity index (χ2n) is 5.28. The zero-order valence-electron chi connectivity index (χ0n) is 12.5. The topological polar surface area (TPSA) is 24.9 Å². The van der Waals surface area contributed by atoms with Crippen molar-refractivity contribution in [3.8, 4) is 11.1 Å². The highest BCUT2D eigenvalue weighted by Gasteiger charge is 2.09. The largest absolute Gasteiger partial charge is 0.313 e. The molecule has 0 aliphatic rings. The smallest absolute Gasteiger partial charge is 0.0352 e. The first-order valence-corrected chi connectivity index (χ1v) is 7.44. The van der Waals surface area contributed by atoms with Gasteiger partial charge in [0.05, 0.1) is 0 Å². The van der Waals surface area contributed by atoms with Crippen LogP contribution >= 0.6 is 0 Å². The molecular formula is C19H20N2. The fourth-order valence-electron chi connectivity index (χ4n) is 2.89. The van der Waals surface area contributed by atoms with E-state index in [-0.39, 0.29) is 0 Å². The minimum absolute atomic E-state index is 0.401. The molecule has 0 amide bonds. The molecule has 1 unspecified atom stereocenters.